The summed E-state index contributed by atoms with van der Waals surface area (Å²) in [4.78, 5) is 18.4. The van der Waals surface area contributed by atoms with E-state index in [2.05, 4.69) is 60.1 Å². The van der Waals surface area contributed by atoms with E-state index < -0.39 is 0 Å². The smallest absolute Gasteiger partial charge is 0.251 e. The van der Waals surface area contributed by atoms with Gasteiger partial charge in [0.05, 0.1) is 15.9 Å². The minimum absolute atomic E-state index is 0.0634. The zero-order valence-corrected chi connectivity index (χ0v) is 17.7. The van der Waals surface area contributed by atoms with Crippen molar-refractivity contribution in [2.45, 2.75) is 20.4 Å². The molecule has 0 aliphatic rings. The van der Waals surface area contributed by atoms with Gasteiger partial charge >= 0.3 is 0 Å². The molecule has 0 unspecified atom stereocenters. The Balaban J connectivity index is 1.41. The molecule has 0 atom stereocenters. The van der Waals surface area contributed by atoms with Crippen LogP contribution in [0.15, 0.2) is 72.9 Å². The van der Waals surface area contributed by atoms with Crippen LogP contribution in [0.4, 0.5) is 0 Å². The van der Waals surface area contributed by atoms with Crippen LogP contribution < -0.4 is 5.32 Å². The maximum Gasteiger partial charge on any atom is 0.251 e. The van der Waals surface area contributed by atoms with E-state index in [0.717, 1.165) is 32.0 Å². The highest BCUT2D eigenvalue weighted by atomic mass is 32.1. The number of amides is 1. The molecule has 0 radical (unpaired) electrons. The SMILES string of the molecule is Cc1ccc(-c2cn3c(n2)sc2cc(C(=O)NCc4ccccc4C)ccc23)cc1. The summed E-state index contributed by atoms with van der Waals surface area (Å²) in [6, 6.07) is 22.3. The zero-order valence-electron chi connectivity index (χ0n) is 16.8. The third-order valence-electron chi connectivity index (χ3n) is 5.40. The largest absolute Gasteiger partial charge is 0.348 e. The van der Waals surface area contributed by atoms with Gasteiger partial charge in [0, 0.05) is 23.9 Å². The molecule has 30 heavy (non-hydrogen) atoms. The van der Waals surface area contributed by atoms with E-state index in [1.165, 1.54) is 11.1 Å². The van der Waals surface area contributed by atoms with Crippen molar-refractivity contribution in [1.29, 1.82) is 0 Å². The van der Waals surface area contributed by atoms with Gasteiger partial charge in [-0.15, -0.1) is 0 Å². The number of thiazole rings is 1. The summed E-state index contributed by atoms with van der Waals surface area (Å²) in [5.74, 6) is -0.0634. The molecule has 5 aromatic rings. The Kier molecular flexibility index (Phi) is 4.60. The Bertz CT molecular complexity index is 1380. The molecule has 0 aliphatic heterocycles. The molecule has 0 spiro atoms. The molecule has 3 aromatic carbocycles. The Morgan fingerprint density at radius 3 is 2.63 bits per heavy atom. The first-order valence-electron chi connectivity index (χ1n) is 9.90. The van der Waals surface area contributed by atoms with E-state index >= 15 is 0 Å². The van der Waals surface area contributed by atoms with Crippen LogP contribution in [0.3, 0.4) is 0 Å². The number of aryl methyl sites for hydroxylation is 2. The average Bonchev–Trinajstić information content (AvgIpc) is 3.31. The van der Waals surface area contributed by atoms with Crippen LogP contribution in [0.5, 0.6) is 0 Å². The van der Waals surface area contributed by atoms with Crippen LogP contribution >= 0.6 is 11.3 Å². The molecule has 0 bridgehead atoms. The normalized spacial score (nSPS) is 11.3. The zero-order chi connectivity index (χ0) is 20.7. The van der Waals surface area contributed by atoms with E-state index in [-0.39, 0.29) is 5.91 Å². The summed E-state index contributed by atoms with van der Waals surface area (Å²) in [5, 5.41) is 3.03. The molecule has 1 N–H and O–H groups in total. The van der Waals surface area contributed by atoms with Gasteiger partial charge < -0.3 is 5.32 Å². The molecule has 0 saturated heterocycles. The van der Waals surface area contributed by atoms with Crippen molar-refractivity contribution in [3.05, 3.63) is 95.2 Å². The monoisotopic (exact) mass is 411 g/mol. The van der Waals surface area contributed by atoms with Gasteiger partial charge in [-0.25, -0.2) is 4.98 Å². The van der Waals surface area contributed by atoms with E-state index in [1.54, 1.807) is 11.3 Å². The van der Waals surface area contributed by atoms with Crippen molar-refractivity contribution >= 4 is 32.4 Å². The number of rotatable bonds is 4. The molecule has 2 aromatic heterocycles. The van der Waals surface area contributed by atoms with Crippen LogP contribution in [0.2, 0.25) is 0 Å². The van der Waals surface area contributed by atoms with Crippen molar-refractivity contribution in [1.82, 2.24) is 14.7 Å². The molecule has 4 nitrogen and oxygen atoms in total. The molecule has 5 heteroatoms. The van der Waals surface area contributed by atoms with Crippen LogP contribution in [0.25, 0.3) is 26.4 Å². The number of imidazole rings is 1. The number of benzene rings is 3. The molecule has 0 aliphatic carbocycles. The highest BCUT2D eigenvalue weighted by Gasteiger charge is 2.13. The minimum atomic E-state index is -0.0634. The number of carbonyl (C=O) groups is 1. The molecule has 5 rings (SSSR count). The summed E-state index contributed by atoms with van der Waals surface area (Å²) in [6.07, 6.45) is 2.07. The Morgan fingerprint density at radius 2 is 1.83 bits per heavy atom. The van der Waals surface area contributed by atoms with Gasteiger partial charge in [0.1, 0.15) is 0 Å². The summed E-state index contributed by atoms with van der Waals surface area (Å²) in [5.41, 5.74) is 7.34. The molecule has 0 saturated carbocycles. The van der Waals surface area contributed by atoms with Crippen LogP contribution in [0.1, 0.15) is 27.0 Å². The Hall–Kier alpha value is -3.44. The summed E-state index contributed by atoms with van der Waals surface area (Å²) < 4.78 is 3.15. The fourth-order valence-corrected chi connectivity index (χ4v) is 4.64. The van der Waals surface area contributed by atoms with Gasteiger partial charge in [-0.2, -0.15) is 0 Å². The number of nitrogens with zero attached hydrogens (tertiary/aromatic N) is 2. The quantitative estimate of drug-likeness (QED) is 0.408. The first-order chi connectivity index (χ1) is 14.6. The standard InChI is InChI=1S/C25H21N3OS/c1-16-7-9-18(10-8-16)21-15-28-22-12-11-19(13-23(22)30-25(28)27-21)24(29)26-14-20-6-4-3-5-17(20)2/h3-13,15H,14H2,1-2H3,(H,26,29). The maximum atomic E-state index is 12.7. The third kappa shape index (κ3) is 3.37. The second-order valence-electron chi connectivity index (χ2n) is 7.54. The number of hydrogen-bond acceptors (Lipinski definition) is 3. The molecular weight excluding hydrogens is 390 g/mol. The van der Waals surface area contributed by atoms with Crippen molar-refractivity contribution in [3.8, 4) is 11.3 Å². The van der Waals surface area contributed by atoms with Gasteiger partial charge in [0.25, 0.3) is 5.91 Å². The van der Waals surface area contributed by atoms with Crippen LogP contribution in [-0.2, 0) is 6.54 Å². The summed E-state index contributed by atoms with van der Waals surface area (Å²) >= 11 is 1.60. The lowest BCUT2D eigenvalue weighted by atomic mass is 10.1. The second-order valence-corrected chi connectivity index (χ2v) is 8.55. The Morgan fingerprint density at radius 1 is 1.03 bits per heavy atom. The molecular formula is C25H21N3OS. The predicted molar refractivity (Wildman–Crippen MR) is 123 cm³/mol. The van der Waals surface area contributed by atoms with Gasteiger partial charge in [-0.3, -0.25) is 9.20 Å². The van der Waals surface area contributed by atoms with Gasteiger partial charge in [-0.05, 0) is 43.2 Å². The van der Waals surface area contributed by atoms with Gasteiger partial charge in [0.15, 0.2) is 4.96 Å². The van der Waals surface area contributed by atoms with Crippen molar-refractivity contribution in [3.63, 3.8) is 0 Å². The average molecular weight is 412 g/mol. The lowest BCUT2D eigenvalue weighted by molar-refractivity contribution is 0.0951. The molecule has 2 heterocycles. The lowest BCUT2D eigenvalue weighted by Gasteiger charge is -2.08. The number of aromatic nitrogens is 2. The van der Waals surface area contributed by atoms with E-state index in [4.69, 9.17) is 4.98 Å². The first kappa shape index (κ1) is 18.6. The third-order valence-corrected chi connectivity index (χ3v) is 6.42. The van der Waals surface area contributed by atoms with E-state index in [9.17, 15) is 4.79 Å². The van der Waals surface area contributed by atoms with Crippen molar-refractivity contribution in [2.75, 3.05) is 0 Å². The number of hydrogen-bond donors (Lipinski definition) is 1. The summed E-state index contributed by atoms with van der Waals surface area (Å²) in [7, 11) is 0. The second kappa shape index (κ2) is 7.43. The topological polar surface area (TPSA) is 46.4 Å². The van der Waals surface area contributed by atoms with Crippen LogP contribution in [0, 0.1) is 13.8 Å². The minimum Gasteiger partial charge on any atom is -0.348 e. The fraction of sp³-hybridized carbons (Fsp3) is 0.120. The lowest BCUT2D eigenvalue weighted by Crippen LogP contribution is -2.23. The van der Waals surface area contributed by atoms with E-state index in [1.807, 2.05) is 36.4 Å². The predicted octanol–water partition coefficient (Wildman–Crippen LogP) is 5.76. The number of carbonyl (C=O) groups excluding carboxylic acids is 1. The molecule has 0 fully saturated rings. The van der Waals surface area contributed by atoms with Gasteiger partial charge in [0.2, 0.25) is 0 Å². The maximum absolute atomic E-state index is 12.7. The first-order valence-corrected chi connectivity index (χ1v) is 10.7. The molecule has 1 amide bonds. The Labute approximate surface area is 178 Å². The fourth-order valence-electron chi connectivity index (χ4n) is 3.59. The van der Waals surface area contributed by atoms with E-state index in [0.29, 0.717) is 12.1 Å². The number of nitrogens with one attached hydrogen (secondary N) is 1. The van der Waals surface area contributed by atoms with Crippen LogP contribution in [-0.4, -0.2) is 15.3 Å². The highest BCUT2D eigenvalue weighted by Crippen LogP contribution is 2.30. The van der Waals surface area contributed by atoms with Crippen molar-refractivity contribution < 1.29 is 4.79 Å². The summed E-state index contributed by atoms with van der Waals surface area (Å²) in [6.45, 7) is 4.66. The van der Waals surface area contributed by atoms with Crippen molar-refractivity contribution in [2.24, 2.45) is 0 Å². The highest BCUT2D eigenvalue weighted by molar-refractivity contribution is 7.23. The molecule has 148 valence electrons. The number of fused-ring (bicyclic) bond motifs is 3. The van der Waals surface area contributed by atoms with Gasteiger partial charge in [-0.1, -0.05) is 65.4 Å².